The number of carbonyl (C=O) groups excluding carboxylic acids is 1. The summed E-state index contributed by atoms with van der Waals surface area (Å²) in [5.74, 6) is 0.595. The summed E-state index contributed by atoms with van der Waals surface area (Å²) in [6.45, 7) is 11.8. The molecule has 1 saturated heterocycles. The van der Waals surface area contributed by atoms with Gasteiger partial charge in [0.15, 0.2) is 0 Å². The lowest BCUT2D eigenvalue weighted by Gasteiger charge is -2.36. The Kier molecular flexibility index (Phi) is 6.63. The normalized spacial score (nSPS) is 15.8. The molecule has 8 heteroatoms. The third-order valence-corrected chi connectivity index (χ3v) is 4.33. The average molecular weight is 370 g/mol. The first-order valence-electron chi connectivity index (χ1n) is 8.63. The molecule has 2 heterocycles. The van der Waals surface area contributed by atoms with Crippen LogP contribution in [0.1, 0.15) is 19.4 Å². The molecule has 26 heavy (non-hydrogen) atoms. The molecule has 0 aliphatic carbocycles. The molecular weight excluding hydrogens is 345 g/mol. The number of rotatable bonds is 6. The lowest BCUT2D eigenvalue weighted by atomic mass is 10.2. The van der Waals surface area contributed by atoms with Crippen LogP contribution in [-0.2, 0) is 11.0 Å². The summed E-state index contributed by atoms with van der Waals surface area (Å²) in [5.41, 5.74) is 0.195. The number of piperazine rings is 1. The van der Waals surface area contributed by atoms with Crippen molar-refractivity contribution < 1.29 is 18.0 Å². The Bertz CT molecular complexity index is 622. The van der Waals surface area contributed by atoms with E-state index in [1.807, 2.05) is 18.7 Å². The van der Waals surface area contributed by atoms with E-state index >= 15 is 0 Å². The van der Waals surface area contributed by atoms with E-state index in [4.69, 9.17) is 0 Å². The van der Waals surface area contributed by atoms with Crippen LogP contribution in [0, 0.1) is 0 Å². The smallest absolute Gasteiger partial charge is 0.354 e. The van der Waals surface area contributed by atoms with Gasteiger partial charge in [0.1, 0.15) is 5.82 Å². The highest BCUT2D eigenvalue weighted by atomic mass is 19.4. The summed E-state index contributed by atoms with van der Waals surface area (Å²) in [7, 11) is 0. The van der Waals surface area contributed by atoms with Gasteiger partial charge in [0.05, 0.1) is 12.1 Å². The SMILES string of the molecule is C=C(C)CN(CC)C(=O)CN1CCN(c2ccc(C(F)(F)F)cn2)CC1. The molecule has 0 spiro atoms. The molecule has 0 N–H and O–H groups in total. The molecule has 1 aliphatic heterocycles. The Morgan fingerprint density at radius 2 is 1.92 bits per heavy atom. The predicted molar refractivity (Wildman–Crippen MR) is 95.0 cm³/mol. The van der Waals surface area contributed by atoms with Crippen LogP contribution in [0.2, 0.25) is 0 Å². The Hall–Kier alpha value is -2.09. The van der Waals surface area contributed by atoms with Crippen molar-refractivity contribution >= 4 is 11.7 Å². The van der Waals surface area contributed by atoms with Gasteiger partial charge in [0, 0.05) is 45.5 Å². The van der Waals surface area contributed by atoms with Crippen molar-refractivity contribution in [1.29, 1.82) is 0 Å². The zero-order chi connectivity index (χ0) is 19.3. The van der Waals surface area contributed by atoms with Gasteiger partial charge in [-0.25, -0.2) is 4.98 Å². The summed E-state index contributed by atoms with van der Waals surface area (Å²) in [5, 5.41) is 0. The first kappa shape index (κ1) is 20.2. The molecule has 0 unspecified atom stereocenters. The fourth-order valence-corrected chi connectivity index (χ4v) is 2.87. The van der Waals surface area contributed by atoms with E-state index in [2.05, 4.69) is 16.5 Å². The summed E-state index contributed by atoms with van der Waals surface area (Å²) in [4.78, 5) is 22.1. The minimum absolute atomic E-state index is 0.0663. The number of carbonyl (C=O) groups is 1. The molecule has 1 fully saturated rings. The van der Waals surface area contributed by atoms with E-state index < -0.39 is 11.7 Å². The standard InChI is InChI=1S/C18H25F3N4O/c1-4-24(12-14(2)3)17(26)13-23-7-9-25(10-8-23)16-6-5-15(11-22-16)18(19,20)21/h5-6,11H,2,4,7-10,12-13H2,1,3H3. The van der Waals surface area contributed by atoms with Crippen LogP contribution in [0.3, 0.4) is 0 Å². The number of pyridine rings is 1. The molecule has 1 aromatic heterocycles. The minimum Gasteiger partial charge on any atom is -0.354 e. The van der Waals surface area contributed by atoms with Crippen LogP contribution in [0.25, 0.3) is 0 Å². The highest BCUT2D eigenvalue weighted by Gasteiger charge is 2.31. The van der Waals surface area contributed by atoms with Crippen molar-refractivity contribution in [1.82, 2.24) is 14.8 Å². The number of amides is 1. The van der Waals surface area contributed by atoms with E-state index in [0.717, 1.165) is 17.8 Å². The second-order valence-electron chi connectivity index (χ2n) is 6.53. The van der Waals surface area contributed by atoms with E-state index in [1.54, 1.807) is 4.90 Å². The molecule has 0 radical (unpaired) electrons. The van der Waals surface area contributed by atoms with Crippen LogP contribution in [0.15, 0.2) is 30.5 Å². The number of likely N-dealkylation sites (N-methyl/N-ethyl adjacent to an activating group) is 1. The van der Waals surface area contributed by atoms with Crippen LogP contribution in [0.4, 0.5) is 19.0 Å². The fraction of sp³-hybridized carbons (Fsp3) is 0.556. The molecule has 0 atom stereocenters. The Balaban J connectivity index is 1.87. The van der Waals surface area contributed by atoms with Gasteiger partial charge in [0.2, 0.25) is 5.91 Å². The van der Waals surface area contributed by atoms with Crippen molar-refractivity contribution in [3.8, 4) is 0 Å². The number of hydrogen-bond donors (Lipinski definition) is 0. The largest absolute Gasteiger partial charge is 0.417 e. The molecule has 0 bridgehead atoms. The number of halogens is 3. The van der Waals surface area contributed by atoms with E-state index in [1.165, 1.54) is 6.07 Å². The summed E-state index contributed by atoms with van der Waals surface area (Å²) in [6, 6.07) is 2.45. The van der Waals surface area contributed by atoms with Crippen molar-refractivity contribution in [2.24, 2.45) is 0 Å². The van der Waals surface area contributed by atoms with E-state index in [0.29, 0.717) is 51.6 Å². The Morgan fingerprint density at radius 1 is 1.27 bits per heavy atom. The second kappa shape index (κ2) is 8.53. The monoisotopic (exact) mass is 370 g/mol. The fourth-order valence-electron chi connectivity index (χ4n) is 2.87. The summed E-state index contributed by atoms with van der Waals surface area (Å²) < 4.78 is 37.8. The molecule has 2 rings (SSSR count). The molecule has 1 aliphatic rings. The van der Waals surface area contributed by atoms with Gasteiger partial charge in [-0.05, 0) is 26.0 Å². The maximum atomic E-state index is 12.6. The van der Waals surface area contributed by atoms with Gasteiger partial charge in [-0.2, -0.15) is 13.2 Å². The molecule has 144 valence electrons. The summed E-state index contributed by atoms with van der Waals surface area (Å²) >= 11 is 0. The quantitative estimate of drug-likeness (QED) is 0.722. The van der Waals surface area contributed by atoms with Gasteiger partial charge in [-0.1, -0.05) is 12.2 Å². The van der Waals surface area contributed by atoms with E-state index in [9.17, 15) is 18.0 Å². The molecule has 5 nitrogen and oxygen atoms in total. The van der Waals surface area contributed by atoms with Crippen LogP contribution >= 0.6 is 0 Å². The highest BCUT2D eigenvalue weighted by Crippen LogP contribution is 2.29. The molecule has 1 aromatic rings. The van der Waals surface area contributed by atoms with Crippen molar-refractivity contribution in [3.05, 3.63) is 36.0 Å². The third-order valence-electron chi connectivity index (χ3n) is 4.33. The lowest BCUT2D eigenvalue weighted by Crippen LogP contribution is -2.50. The Labute approximate surface area is 152 Å². The number of hydrogen-bond acceptors (Lipinski definition) is 4. The van der Waals surface area contributed by atoms with Crippen molar-refractivity contribution in [2.45, 2.75) is 20.0 Å². The predicted octanol–water partition coefficient (Wildman–Crippen LogP) is 2.65. The molecule has 1 amide bonds. The highest BCUT2D eigenvalue weighted by molar-refractivity contribution is 5.78. The van der Waals surface area contributed by atoms with Crippen molar-refractivity contribution in [2.75, 3.05) is 50.7 Å². The average Bonchev–Trinajstić information content (AvgIpc) is 2.59. The zero-order valence-electron chi connectivity index (χ0n) is 15.2. The Morgan fingerprint density at radius 3 is 2.38 bits per heavy atom. The minimum atomic E-state index is -4.38. The topological polar surface area (TPSA) is 39.7 Å². The number of alkyl halides is 3. The summed E-state index contributed by atoms with van der Waals surface area (Å²) in [6.07, 6.45) is -3.51. The maximum absolute atomic E-state index is 12.6. The zero-order valence-corrected chi connectivity index (χ0v) is 15.2. The number of nitrogens with zero attached hydrogens (tertiary/aromatic N) is 4. The van der Waals surface area contributed by atoms with E-state index in [-0.39, 0.29) is 5.91 Å². The number of aromatic nitrogens is 1. The van der Waals surface area contributed by atoms with Gasteiger partial charge in [0.25, 0.3) is 0 Å². The molecule has 0 saturated carbocycles. The van der Waals surface area contributed by atoms with Gasteiger partial charge in [-0.3, -0.25) is 9.69 Å². The van der Waals surface area contributed by atoms with Gasteiger partial charge < -0.3 is 9.80 Å². The van der Waals surface area contributed by atoms with Crippen molar-refractivity contribution in [3.63, 3.8) is 0 Å². The molecule has 0 aromatic carbocycles. The van der Waals surface area contributed by atoms with Crippen LogP contribution in [0.5, 0.6) is 0 Å². The van der Waals surface area contributed by atoms with Gasteiger partial charge in [-0.15, -0.1) is 0 Å². The first-order chi connectivity index (χ1) is 12.2. The van der Waals surface area contributed by atoms with Gasteiger partial charge >= 0.3 is 6.18 Å². The lowest BCUT2D eigenvalue weighted by molar-refractivity contribution is -0.137. The third kappa shape index (κ3) is 5.45. The molecular formula is C18H25F3N4O. The first-order valence-corrected chi connectivity index (χ1v) is 8.63. The van der Waals surface area contributed by atoms with Crippen LogP contribution < -0.4 is 4.90 Å². The van der Waals surface area contributed by atoms with Crippen LogP contribution in [-0.4, -0.2) is 66.5 Å². The second-order valence-corrected chi connectivity index (χ2v) is 6.53. The number of anilines is 1. The maximum Gasteiger partial charge on any atom is 0.417 e.